The van der Waals surface area contributed by atoms with Crippen molar-refractivity contribution in [2.45, 2.75) is 6.04 Å². The number of hydrogen-bond donors (Lipinski definition) is 2. The summed E-state index contributed by atoms with van der Waals surface area (Å²) in [6, 6.07) is 23.6. The van der Waals surface area contributed by atoms with Crippen LogP contribution in [0.2, 0.25) is 0 Å². The van der Waals surface area contributed by atoms with Gasteiger partial charge in [-0.15, -0.1) is 0 Å². The Labute approximate surface area is 130 Å². The number of fused-ring (bicyclic) bond motifs is 2. The third-order valence-corrected chi connectivity index (χ3v) is 4.11. The molecular weight excluding hydrogens is 268 g/mol. The Kier molecular flexibility index (Phi) is 3.28. The van der Waals surface area contributed by atoms with E-state index < -0.39 is 0 Å². The maximum atomic E-state index is 3.57. The maximum absolute atomic E-state index is 3.57. The number of nitrogens with one attached hydrogen (secondary N) is 2. The fourth-order valence-corrected chi connectivity index (χ4v) is 2.97. The van der Waals surface area contributed by atoms with Gasteiger partial charge >= 0.3 is 0 Å². The Bertz CT molecular complexity index is 830. The molecule has 0 aliphatic carbocycles. The lowest BCUT2D eigenvalue weighted by Gasteiger charge is -2.26. The highest BCUT2D eigenvalue weighted by Gasteiger charge is 2.13. The third-order valence-electron chi connectivity index (χ3n) is 4.11. The van der Waals surface area contributed by atoms with Crippen LogP contribution < -0.4 is 10.6 Å². The predicted molar refractivity (Wildman–Crippen MR) is 95.3 cm³/mol. The Hall–Kier alpha value is -2.74. The van der Waals surface area contributed by atoms with E-state index in [9.17, 15) is 0 Å². The summed E-state index contributed by atoms with van der Waals surface area (Å²) >= 11 is 0. The summed E-state index contributed by atoms with van der Waals surface area (Å²) in [5.74, 6) is 0. The number of hydrogen-bond acceptors (Lipinski definition) is 2. The van der Waals surface area contributed by atoms with Crippen LogP contribution in [0.1, 0.15) is 5.56 Å². The Morgan fingerprint density at radius 3 is 2.55 bits per heavy atom. The van der Waals surface area contributed by atoms with Crippen LogP contribution in [0, 0.1) is 0 Å². The monoisotopic (exact) mass is 286 g/mol. The van der Waals surface area contributed by atoms with Crippen molar-refractivity contribution in [1.82, 2.24) is 0 Å². The first-order chi connectivity index (χ1) is 10.9. The maximum Gasteiger partial charge on any atom is 0.0621 e. The van der Waals surface area contributed by atoms with E-state index in [4.69, 9.17) is 0 Å². The average Bonchev–Trinajstić information content (AvgIpc) is 2.60. The molecule has 1 aliphatic rings. The van der Waals surface area contributed by atoms with Crippen molar-refractivity contribution in [2.24, 2.45) is 0 Å². The Balaban J connectivity index is 1.60. The third kappa shape index (κ3) is 2.44. The second kappa shape index (κ2) is 5.57. The summed E-state index contributed by atoms with van der Waals surface area (Å²) in [4.78, 5) is 0. The molecule has 0 aromatic heterocycles. The van der Waals surface area contributed by atoms with Crippen LogP contribution in [-0.4, -0.2) is 12.6 Å². The van der Waals surface area contributed by atoms with Gasteiger partial charge in [0.2, 0.25) is 0 Å². The van der Waals surface area contributed by atoms with Crippen molar-refractivity contribution in [1.29, 1.82) is 0 Å². The molecule has 1 aliphatic heterocycles. The topological polar surface area (TPSA) is 24.1 Å². The standard InChI is InChI=1S/C20H18N2/c1-2-9-18-15(6-1)7-5-8-16(18)12-13-17-14-21-19-10-3-4-11-20(19)22-17/h1-13,17,21-22H,14H2/b13-12+/t17-/m1/s1. The molecule has 0 spiro atoms. The number of rotatable bonds is 2. The van der Waals surface area contributed by atoms with Crippen LogP contribution in [0.3, 0.4) is 0 Å². The van der Waals surface area contributed by atoms with Crippen molar-refractivity contribution in [3.63, 3.8) is 0 Å². The molecule has 0 amide bonds. The van der Waals surface area contributed by atoms with Gasteiger partial charge in [0.25, 0.3) is 0 Å². The molecule has 0 saturated heterocycles. The molecule has 0 unspecified atom stereocenters. The molecule has 2 heteroatoms. The molecule has 3 aromatic rings. The molecule has 2 nitrogen and oxygen atoms in total. The first-order valence-corrected chi connectivity index (χ1v) is 7.65. The minimum Gasteiger partial charge on any atom is -0.381 e. The van der Waals surface area contributed by atoms with Crippen LogP contribution in [0.15, 0.2) is 72.8 Å². The second-order valence-electron chi connectivity index (χ2n) is 5.60. The van der Waals surface area contributed by atoms with Crippen LogP contribution >= 0.6 is 0 Å². The van der Waals surface area contributed by atoms with Gasteiger partial charge < -0.3 is 10.6 Å². The van der Waals surface area contributed by atoms with Gasteiger partial charge in [-0.3, -0.25) is 0 Å². The van der Waals surface area contributed by atoms with Crippen LogP contribution in [0.25, 0.3) is 16.8 Å². The van der Waals surface area contributed by atoms with Gasteiger partial charge in [0.15, 0.2) is 0 Å². The zero-order chi connectivity index (χ0) is 14.8. The van der Waals surface area contributed by atoms with Crippen LogP contribution in [-0.2, 0) is 0 Å². The van der Waals surface area contributed by atoms with Crippen molar-refractivity contribution in [3.05, 3.63) is 78.4 Å². The molecule has 22 heavy (non-hydrogen) atoms. The van der Waals surface area contributed by atoms with Gasteiger partial charge in [-0.2, -0.15) is 0 Å². The first kappa shape index (κ1) is 13.0. The van der Waals surface area contributed by atoms with Gasteiger partial charge in [-0.25, -0.2) is 0 Å². The molecule has 1 heterocycles. The smallest absolute Gasteiger partial charge is 0.0621 e. The van der Waals surface area contributed by atoms with Crippen molar-refractivity contribution in [2.75, 3.05) is 17.2 Å². The lowest BCUT2D eigenvalue weighted by Crippen LogP contribution is -2.30. The van der Waals surface area contributed by atoms with Crippen molar-refractivity contribution in [3.8, 4) is 0 Å². The minimum absolute atomic E-state index is 0.300. The zero-order valence-electron chi connectivity index (χ0n) is 12.3. The van der Waals surface area contributed by atoms with E-state index in [2.05, 4.69) is 89.5 Å². The fourth-order valence-electron chi connectivity index (χ4n) is 2.97. The molecule has 2 N–H and O–H groups in total. The molecule has 0 fully saturated rings. The quantitative estimate of drug-likeness (QED) is 0.709. The predicted octanol–water partition coefficient (Wildman–Crippen LogP) is 4.76. The number of benzene rings is 3. The molecule has 108 valence electrons. The van der Waals surface area contributed by atoms with Gasteiger partial charge in [0, 0.05) is 6.54 Å². The molecular formula is C20H18N2. The Morgan fingerprint density at radius 2 is 1.59 bits per heavy atom. The molecule has 0 radical (unpaired) electrons. The van der Waals surface area contributed by atoms with Gasteiger partial charge in [-0.05, 0) is 28.5 Å². The van der Waals surface area contributed by atoms with E-state index in [1.54, 1.807) is 0 Å². The van der Waals surface area contributed by atoms with E-state index in [0.29, 0.717) is 6.04 Å². The van der Waals surface area contributed by atoms with E-state index in [1.165, 1.54) is 27.7 Å². The fraction of sp³-hybridized carbons (Fsp3) is 0.100. The highest BCUT2D eigenvalue weighted by molar-refractivity contribution is 5.90. The highest BCUT2D eigenvalue weighted by atomic mass is 15.1. The largest absolute Gasteiger partial charge is 0.381 e. The Morgan fingerprint density at radius 1 is 0.818 bits per heavy atom. The van der Waals surface area contributed by atoms with Crippen LogP contribution in [0.4, 0.5) is 11.4 Å². The number of para-hydroxylation sites is 2. The zero-order valence-corrected chi connectivity index (χ0v) is 12.3. The summed E-state index contributed by atoms with van der Waals surface area (Å²) in [5, 5.41) is 9.62. The highest BCUT2D eigenvalue weighted by Crippen LogP contribution is 2.26. The van der Waals surface area contributed by atoms with Crippen molar-refractivity contribution >= 4 is 28.2 Å². The average molecular weight is 286 g/mol. The van der Waals surface area contributed by atoms with Crippen LogP contribution in [0.5, 0.6) is 0 Å². The summed E-state index contributed by atoms with van der Waals surface area (Å²) in [6.07, 6.45) is 4.46. The molecule has 1 atom stereocenters. The SMILES string of the molecule is C(=C\[C@@H]1CNc2ccccc2N1)/c1cccc2ccccc12. The van der Waals surface area contributed by atoms with E-state index in [1.807, 2.05) is 0 Å². The lowest BCUT2D eigenvalue weighted by molar-refractivity contribution is 0.896. The second-order valence-corrected chi connectivity index (χ2v) is 5.60. The van der Waals surface area contributed by atoms with Gasteiger partial charge in [-0.1, -0.05) is 66.7 Å². The minimum atomic E-state index is 0.300. The molecule has 3 aromatic carbocycles. The van der Waals surface area contributed by atoms with E-state index >= 15 is 0 Å². The summed E-state index contributed by atoms with van der Waals surface area (Å²) < 4.78 is 0. The molecule has 0 saturated carbocycles. The molecule has 4 rings (SSSR count). The summed E-state index contributed by atoms with van der Waals surface area (Å²) in [7, 11) is 0. The lowest BCUT2D eigenvalue weighted by atomic mass is 10.0. The van der Waals surface area contributed by atoms with Crippen molar-refractivity contribution < 1.29 is 0 Å². The summed E-state index contributed by atoms with van der Waals surface area (Å²) in [5.41, 5.74) is 3.61. The van der Waals surface area contributed by atoms with Gasteiger partial charge in [0.1, 0.15) is 0 Å². The molecule has 0 bridgehead atoms. The van der Waals surface area contributed by atoms with E-state index in [-0.39, 0.29) is 0 Å². The normalized spacial score (nSPS) is 17.0. The number of anilines is 2. The van der Waals surface area contributed by atoms with E-state index in [0.717, 1.165) is 6.54 Å². The van der Waals surface area contributed by atoms with Gasteiger partial charge in [0.05, 0.1) is 17.4 Å². The summed E-state index contributed by atoms with van der Waals surface area (Å²) in [6.45, 7) is 0.901. The first-order valence-electron chi connectivity index (χ1n) is 7.65.